The number of allylic oxidation sites excluding steroid dienone is 10. The fourth-order valence-electron chi connectivity index (χ4n) is 7.35. The average Bonchev–Trinajstić information content (AvgIpc) is 3.27. The number of likely N-dealkylation sites (N-methyl/N-ethyl adjacent to an activating group) is 1. The predicted octanol–water partition coefficient (Wildman–Crippen LogP) is 15.7. The number of quaternary nitrogens is 1. The summed E-state index contributed by atoms with van der Waals surface area (Å²) in [6.45, 7) is 4.12. The summed E-state index contributed by atoms with van der Waals surface area (Å²) in [5, 5.41) is 0. The van der Waals surface area contributed by atoms with E-state index < -0.39 is 26.5 Å². The second-order valence-electron chi connectivity index (χ2n) is 19.2. The number of phosphoric ester groups is 1. The lowest BCUT2D eigenvalue weighted by Gasteiger charge is -2.28. The molecule has 0 aromatic carbocycles. The van der Waals surface area contributed by atoms with Gasteiger partial charge in [-0.25, -0.2) is 0 Å². The normalized spacial score (nSPS) is 13.8. The Morgan fingerprint density at radius 1 is 0.485 bits per heavy atom. The van der Waals surface area contributed by atoms with Gasteiger partial charge in [-0.3, -0.25) is 14.2 Å². The molecular formula is C56H102NO8P. The number of phosphoric acid groups is 1. The maximum atomic E-state index is 12.8. The van der Waals surface area contributed by atoms with E-state index in [1.165, 1.54) is 116 Å². The highest BCUT2D eigenvalue weighted by atomic mass is 31.2. The summed E-state index contributed by atoms with van der Waals surface area (Å²) in [5.74, 6) is -0.848. The molecule has 0 N–H and O–H groups in total. The summed E-state index contributed by atoms with van der Waals surface area (Å²) in [6.07, 6.45) is 59.7. The average molecular weight is 948 g/mol. The van der Waals surface area contributed by atoms with E-state index in [2.05, 4.69) is 74.6 Å². The molecular weight excluding hydrogens is 846 g/mol. The van der Waals surface area contributed by atoms with Crippen LogP contribution in [0.25, 0.3) is 0 Å². The highest BCUT2D eigenvalue weighted by molar-refractivity contribution is 7.45. The molecule has 0 bridgehead atoms. The summed E-state index contributed by atoms with van der Waals surface area (Å²) < 4.78 is 34.1. The van der Waals surface area contributed by atoms with Crippen LogP contribution in [0.3, 0.4) is 0 Å². The van der Waals surface area contributed by atoms with E-state index in [0.717, 1.165) is 83.5 Å². The molecule has 0 saturated heterocycles. The van der Waals surface area contributed by atoms with Crippen molar-refractivity contribution in [3.05, 3.63) is 60.8 Å². The van der Waals surface area contributed by atoms with Crippen LogP contribution in [-0.4, -0.2) is 70.0 Å². The van der Waals surface area contributed by atoms with Crippen molar-refractivity contribution < 1.29 is 42.1 Å². The first-order chi connectivity index (χ1) is 32.0. The first-order valence-corrected chi connectivity index (χ1v) is 28.5. The number of hydrogen-bond donors (Lipinski definition) is 0. The van der Waals surface area contributed by atoms with E-state index in [0.29, 0.717) is 17.4 Å². The molecule has 0 aliphatic rings. The SMILES string of the molecule is CC/C=C\C/C=C\C/C=C\C/C=C\CCCCCCCCC(=O)OC(COC(=O)CCCCCCCCCCCCC/C=C\CCCCCCCCCC)COP(=O)([O-])OCC[N+](C)(C)C. The Morgan fingerprint density at radius 3 is 1.30 bits per heavy atom. The molecule has 2 atom stereocenters. The van der Waals surface area contributed by atoms with Crippen molar-refractivity contribution in [2.45, 2.75) is 238 Å². The van der Waals surface area contributed by atoms with Gasteiger partial charge >= 0.3 is 11.9 Å². The molecule has 0 aromatic rings. The molecule has 0 spiro atoms. The molecule has 0 amide bonds. The highest BCUT2D eigenvalue weighted by Crippen LogP contribution is 2.38. The number of hydrogen-bond acceptors (Lipinski definition) is 8. The van der Waals surface area contributed by atoms with Crippen LogP contribution in [0.4, 0.5) is 0 Å². The molecule has 384 valence electrons. The Morgan fingerprint density at radius 2 is 0.864 bits per heavy atom. The smallest absolute Gasteiger partial charge is 0.306 e. The molecule has 0 saturated carbocycles. The summed E-state index contributed by atoms with van der Waals surface area (Å²) >= 11 is 0. The van der Waals surface area contributed by atoms with Crippen molar-refractivity contribution in [1.82, 2.24) is 0 Å². The molecule has 66 heavy (non-hydrogen) atoms. The fraction of sp³-hybridized carbons (Fsp3) is 0.786. The monoisotopic (exact) mass is 948 g/mol. The second kappa shape index (κ2) is 47.8. The van der Waals surface area contributed by atoms with Gasteiger partial charge in [-0.15, -0.1) is 0 Å². The number of carbonyl (C=O) groups is 2. The highest BCUT2D eigenvalue weighted by Gasteiger charge is 2.21. The molecule has 0 radical (unpaired) electrons. The van der Waals surface area contributed by atoms with Crippen molar-refractivity contribution in [2.24, 2.45) is 0 Å². The predicted molar refractivity (Wildman–Crippen MR) is 277 cm³/mol. The van der Waals surface area contributed by atoms with Gasteiger partial charge in [-0.05, 0) is 77.0 Å². The van der Waals surface area contributed by atoms with Crippen molar-refractivity contribution in [3.63, 3.8) is 0 Å². The quantitative estimate of drug-likeness (QED) is 0.0195. The first kappa shape index (κ1) is 63.7. The number of ether oxygens (including phenoxy) is 2. The minimum atomic E-state index is -4.64. The van der Waals surface area contributed by atoms with E-state index in [-0.39, 0.29) is 32.0 Å². The third-order valence-electron chi connectivity index (χ3n) is 11.5. The standard InChI is InChI=1S/C56H102NO8P/c1-6-8-10-12-14-16-18-20-22-24-26-27-28-29-31-32-34-36-38-40-42-44-46-48-55(58)62-52-54(53-64-66(60,61)63-51-50-57(3,4)5)65-56(59)49-47-45-43-41-39-37-35-33-30-25-23-21-19-17-15-13-11-9-7-2/h9,11,15,17,21,23-24,26,30,33,54H,6-8,10,12-14,16,18-20,22,25,27-29,31-32,34-53H2,1-5H3/b11-9-,17-15-,23-21-,26-24-,33-30-. The van der Waals surface area contributed by atoms with Crippen LogP contribution in [0.5, 0.6) is 0 Å². The molecule has 0 aliphatic carbocycles. The minimum absolute atomic E-state index is 0.0358. The number of esters is 2. The van der Waals surface area contributed by atoms with Gasteiger partial charge in [0.1, 0.15) is 19.8 Å². The molecule has 0 fully saturated rings. The molecule has 0 aromatic heterocycles. The van der Waals surface area contributed by atoms with Crippen LogP contribution in [0.2, 0.25) is 0 Å². The summed E-state index contributed by atoms with van der Waals surface area (Å²) in [6, 6.07) is 0. The molecule has 0 heterocycles. The first-order valence-electron chi connectivity index (χ1n) is 27.0. The van der Waals surface area contributed by atoms with E-state index in [9.17, 15) is 19.0 Å². The Kier molecular flexibility index (Phi) is 46.1. The topological polar surface area (TPSA) is 111 Å². The van der Waals surface area contributed by atoms with Crippen LogP contribution in [-0.2, 0) is 32.7 Å². The summed E-state index contributed by atoms with van der Waals surface area (Å²) in [4.78, 5) is 37.8. The lowest BCUT2D eigenvalue weighted by molar-refractivity contribution is -0.870. The van der Waals surface area contributed by atoms with E-state index in [1.807, 2.05) is 21.1 Å². The largest absolute Gasteiger partial charge is 0.756 e. The fourth-order valence-corrected chi connectivity index (χ4v) is 8.08. The maximum absolute atomic E-state index is 12.8. The second-order valence-corrected chi connectivity index (χ2v) is 20.6. The van der Waals surface area contributed by atoms with Gasteiger partial charge in [0.15, 0.2) is 6.10 Å². The zero-order chi connectivity index (χ0) is 48.5. The Balaban J connectivity index is 4.22. The number of rotatable bonds is 49. The zero-order valence-electron chi connectivity index (χ0n) is 43.4. The lowest BCUT2D eigenvalue weighted by Crippen LogP contribution is -2.37. The molecule has 9 nitrogen and oxygen atoms in total. The van der Waals surface area contributed by atoms with Crippen molar-refractivity contribution in [1.29, 1.82) is 0 Å². The lowest BCUT2D eigenvalue weighted by atomic mass is 10.0. The van der Waals surface area contributed by atoms with Crippen LogP contribution in [0.15, 0.2) is 60.8 Å². The van der Waals surface area contributed by atoms with Crippen LogP contribution >= 0.6 is 7.82 Å². The Bertz CT molecular complexity index is 1300. The van der Waals surface area contributed by atoms with Gasteiger partial charge in [0.25, 0.3) is 7.82 Å². The number of carbonyl (C=O) groups excluding carboxylic acids is 2. The van der Waals surface area contributed by atoms with E-state index in [4.69, 9.17) is 18.5 Å². The third-order valence-corrected chi connectivity index (χ3v) is 12.5. The van der Waals surface area contributed by atoms with Crippen LogP contribution < -0.4 is 4.89 Å². The Hall–Kier alpha value is -2.29. The zero-order valence-corrected chi connectivity index (χ0v) is 44.3. The molecule has 0 rings (SSSR count). The summed E-state index contributed by atoms with van der Waals surface area (Å²) in [5.41, 5.74) is 0. The van der Waals surface area contributed by atoms with E-state index in [1.54, 1.807) is 0 Å². The number of nitrogens with zero attached hydrogens (tertiary/aromatic N) is 1. The molecule has 10 heteroatoms. The van der Waals surface area contributed by atoms with Crippen LogP contribution in [0.1, 0.15) is 232 Å². The number of unbranched alkanes of at least 4 members (excludes halogenated alkanes) is 25. The van der Waals surface area contributed by atoms with Crippen LogP contribution in [0, 0.1) is 0 Å². The summed E-state index contributed by atoms with van der Waals surface area (Å²) in [7, 11) is 1.15. The van der Waals surface area contributed by atoms with Gasteiger partial charge in [-0.1, -0.05) is 203 Å². The van der Waals surface area contributed by atoms with Crippen molar-refractivity contribution >= 4 is 19.8 Å². The van der Waals surface area contributed by atoms with Crippen molar-refractivity contribution in [3.8, 4) is 0 Å². The van der Waals surface area contributed by atoms with Gasteiger partial charge in [-0.2, -0.15) is 0 Å². The maximum Gasteiger partial charge on any atom is 0.306 e. The van der Waals surface area contributed by atoms with Gasteiger partial charge < -0.3 is 27.9 Å². The molecule has 2 unspecified atom stereocenters. The molecule has 0 aliphatic heterocycles. The Labute approximate surface area is 406 Å². The van der Waals surface area contributed by atoms with Crippen molar-refractivity contribution in [2.75, 3.05) is 47.5 Å². The minimum Gasteiger partial charge on any atom is -0.756 e. The van der Waals surface area contributed by atoms with Gasteiger partial charge in [0.05, 0.1) is 27.7 Å². The third kappa shape index (κ3) is 51.1. The van der Waals surface area contributed by atoms with Gasteiger partial charge in [0, 0.05) is 12.8 Å². The van der Waals surface area contributed by atoms with E-state index >= 15 is 0 Å². The van der Waals surface area contributed by atoms with Gasteiger partial charge in [0.2, 0.25) is 0 Å².